The van der Waals surface area contributed by atoms with E-state index in [1.54, 1.807) is 7.11 Å². The number of ether oxygens (including phenoxy) is 1. The van der Waals surface area contributed by atoms with Crippen LogP contribution in [0.2, 0.25) is 0 Å². The molecule has 2 N–H and O–H groups in total. The SMILES string of the molecule is COC1=C=C=C(NC2=C=C=C(O[NH+](C)[O-])CC2)CC1. The van der Waals surface area contributed by atoms with Crippen molar-refractivity contribution in [1.29, 1.82) is 0 Å². The van der Waals surface area contributed by atoms with Gasteiger partial charge in [0.2, 0.25) is 5.76 Å². The highest BCUT2D eigenvalue weighted by molar-refractivity contribution is 5.18. The molecular weight excluding hydrogens is 244 g/mol. The standard InChI is InChI=1S/C14H16N2O3/c1-16(17)19-14-9-5-12(6-10-14)15-11-3-7-13(18-2)8-4-11/h15-16H,3,5,7,9H2,1-2H3. The molecule has 19 heavy (non-hydrogen) atoms. The zero-order valence-corrected chi connectivity index (χ0v) is 11.1. The van der Waals surface area contributed by atoms with E-state index in [4.69, 9.17) is 9.57 Å². The van der Waals surface area contributed by atoms with Gasteiger partial charge in [0, 0.05) is 25.7 Å². The molecule has 5 nitrogen and oxygen atoms in total. The highest BCUT2D eigenvalue weighted by atomic mass is 16.9. The number of methoxy groups -OCH3 is 1. The molecule has 0 amide bonds. The van der Waals surface area contributed by atoms with E-state index < -0.39 is 0 Å². The van der Waals surface area contributed by atoms with Crippen LogP contribution in [0.1, 0.15) is 25.7 Å². The summed E-state index contributed by atoms with van der Waals surface area (Å²) in [4.78, 5) is 4.97. The predicted octanol–water partition coefficient (Wildman–Crippen LogP) is 0.798. The van der Waals surface area contributed by atoms with Gasteiger partial charge in [0.15, 0.2) is 0 Å². The third-order valence-electron chi connectivity index (χ3n) is 2.72. The molecule has 2 aliphatic carbocycles. The van der Waals surface area contributed by atoms with Crippen molar-refractivity contribution >= 4 is 0 Å². The van der Waals surface area contributed by atoms with E-state index in [1.807, 2.05) is 0 Å². The van der Waals surface area contributed by atoms with E-state index in [-0.39, 0.29) is 5.23 Å². The summed E-state index contributed by atoms with van der Waals surface area (Å²) >= 11 is 0. The van der Waals surface area contributed by atoms with Crippen molar-refractivity contribution in [2.75, 3.05) is 14.2 Å². The van der Waals surface area contributed by atoms with Gasteiger partial charge in [0.05, 0.1) is 18.5 Å². The number of hydrogen-bond acceptors (Lipinski definition) is 4. The van der Waals surface area contributed by atoms with Gasteiger partial charge >= 0.3 is 0 Å². The molecule has 0 saturated carbocycles. The number of hydroxylamine groups is 2. The molecule has 0 fully saturated rings. The van der Waals surface area contributed by atoms with E-state index in [0.29, 0.717) is 12.2 Å². The molecule has 0 spiro atoms. The zero-order valence-electron chi connectivity index (χ0n) is 11.1. The van der Waals surface area contributed by atoms with Crippen molar-refractivity contribution in [3.63, 3.8) is 0 Å². The maximum absolute atomic E-state index is 10.8. The van der Waals surface area contributed by atoms with Crippen molar-refractivity contribution < 1.29 is 14.8 Å². The fourth-order valence-electron chi connectivity index (χ4n) is 1.79. The van der Waals surface area contributed by atoms with Crippen LogP contribution < -0.4 is 10.5 Å². The lowest BCUT2D eigenvalue weighted by atomic mass is 10.1. The first-order valence-electron chi connectivity index (χ1n) is 6.14. The molecule has 0 aromatic carbocycles. The van der Waals surface area contributed by atoms with Gasteiger partial charge in [-0.15, -0.1) is 0 Å². The van der Waals surface area contributed by atoms with Crippen molar-refractivity contribution in [1.82, 2.24) is 5.32 Å². The minimum atomic E-state index is -0.323. The van der Waals surface area contributed by atoms with Crippen LogP contribution in [0.4, 0.5) is 0 Å². The van der Waals surface area contributed by atoms with Gasteiger partial charge in [-0.2, -0.15) is 5.23 Å². The minimum Gasteiger partial charge on any atom is -0.591 e. The zero-order chi connectivity index (χ0) is 13.7. The van der Waals surface area contributed by atoms with Crippen LogP contribution in [0.15, 0.2) is 45.8 Å². The first-order valence-corrected chi connectivity index (χ1v) is 6.14. The Morgan fingerprint density at radius 2 is 1.58 bits per heavy atom. The van der Waals surface area contributed by atoms with Gasteiger partial charge < -0.3 is 20.1 Å². The Hall–Kier alpha value is -2.08. The Morgan fingerprint density at radius 1 is 1.00 bits per heavy atom. The second-order valence-corrected chi connectivity index (χ2v) is 4.23. The fraction of sp³-hybridized carbons (Fsp3) is 0.429. The molecule has 0 bridgehead atoms. The van der Waals surface area contributed by atoms with Crippen LogP contribution in [-0.2, 0) is 9.57 Å². The summed E-state index contributed by atoms with van der Waals surface area (Å²) in [6.45, 7) is 0. The molecule has 2 rings (SSSR count). The molecule has 100 valence electrons. The average Bonchev–Trinajstić information content (AvgIpc) is 2.41. The Balaban J connectivity index is 2.10. The van der Waals surface area contributed by atoms with Crippen LogP contribution in [-0.4, -0.2) is 14.2 Å². The fourth-order valence-corrected chi connectivity index (χ4v) is 1.79. The molecule has 1 atom stereocenters. The quantitative estimate of drug-likeness (QED) is 0.567. The first kappa shape index (κ1) is 13.4. The van der Waals surface area contributed by atoms with Crippen LogP contribution >= 0.6 is 0 Å². The van der Waals surface area contributed by atoms with Crippen molar-refractivity contribution in [3.8, 4) is 0 Å². The number of allylic oxidation sites excluding steroid dienone is 4. The molecule has 0 saturated heterocycles. The summed E-state index contributed by atoms with van der Waals surface area (Å²) in [5.41, 5.74) is 13.7. The van der Waals surface area contributed by atoms with Crippen molar-refractivity contribution in [2.24, 2.45) is 0 Å². The van der Waals surface area contributed by atoms with E-state index in [1.165, 1.54) is 7.05 Å². The number of nitrogens with one attached hydrogen (secondary N) is 2. The lowest BCUT2D eigenvalue weighted by molar-refractivity contribution is -1.03. The van der Waals surface area contributed by atoms with Gasteiger partial charge in [-0.3, -0.25) is 0 Å². The van der Waals surface area contributed by atoms with Crippen LogP contribution in [0.5, 0.6) is 0 Å². The molecule has 0 aromatic heterocycles. The van der Waals surface area contributed by atoms with Crippen molar-refractivity contribution in [2.45, 2.75) is 25.7 Å². The second kappa shape index (κ2) is 6.19. The van der Waals surface area contributed by atoms with Crippen LogP contribution in [0.3, 0.4) is 0 Å². The van der Waals surface area contributed by atoms with Gasteiger partial charge in [0.1, 0.15) is 12.8 Å². The number of rotatable bonds is 5. The summed E-state index contributed by atoms with van der Waals surface area (Å²) in [5.74, 6) is 1.35. The Bertz CT molecular complexity index is 563. The summed E-state index contributed by atoms with van der Waals surface area (Å²) in [6, 6.07) is 0. The first-order chi connectivity index (χ1) is 9.17. The van der Waals surface area contributed by atoms with E-state index >= 15 is 0 Å². The predicted molar refractivity (Wildman–Crippen MR) is 68.1 cm³/mol. The Kier molecular flexibility index (Phi) is 4.35. The molecule has 0 radical (unpaired) electrons. The molecule has 5 heteroatoms. The highest BCUT2D eigenvalue weighted by Gasteiger charge is 2.11. The monoisotopic (exact) mass is 260 g/mol. The lowest BCUT2D eigenvalue weighted by Gasteiger charge is -2.18. The minimum absolute atomic E-state index is 0.323. The van der Waals surface area contributed by atoms with Crippen LogP contribution in [0.25, 0.3) is 0 Å². The lowest BCUT2D eigenvalue weighted by Crippen LogP contribution is -3.02. The highest BCUT2D eigenvalue weighted by Crippen LogP contribution is 2.17. The normalized spacial score (nSPS) is 18.9. The Morgan fingerprint density at radius 3 is 2.00 bits per heavy atom. The van der Waals surface area contributed by atoms with Crippen LogP contribution in [0, 0.1) is 5.21 Å². The number of quaternary nitrogens is 1. The summed E-state index contributed by atoms with van der Waals surface area (Å²) < 4.78 is 5.10. The maximum atomic E-state index is 10.8. The van der Waals surface area contributed by atoms with Gasteiger partial charge in [-0.1, -0.05) is 0 Å². The molecule has 0 heterocycles. The summed E-state index contributed by atoms with van der Waals surface area (Å²) in [7, 11) is 3.01. The van der Waals surface area contributed by atoms with Crippen molar-refractivity contribution in [3.05, 3.63) is 51.0 Å². The molecule has 1 unspecified atom stereocenters. The molecule has 0 aromatic rings. The Labute approximate surface area is 112 Å². The third-order valence-corrected chi connectivity index (χ3v) is 2.72. The molecule has 0 aliphatic heterocycles. The summed E-state index contributed by atoms with van der Waals surface area (Å²) in [6.07, 6.45) is 3.03. The van der Waals surface area contributed by atoms with Gasteiger partial charge in [-0.25, -0.2) is 0 Å². The molecule has 2 aliphatic rings. The maximum Gasteiger partial charge on any atom is 0.218 e. The molecular formula is C14H16N2O3. The van der Waals surface area contributed by atoms with E-state index in [9.17, 15) is 5.21 Å². The largest absolute Gasteiger partial charge is 0.591 e. The van der Waals surface area contributed by atoms with Gasteiger partial charge in [-0.05, 0) is 22.9 Å². The number of hydrogen-bond donors (Lipinski definition) is 2. The smallest absolute Gasteiger partial charge is 0.218 e. The van der Waals surface area contributed by atoms with Gasteiger partial charge in [0.25, 0.3) is 0 Å². The van der Waals surface area contributed by atoms with E-state index in [0.717, 1.165) is 36.4 Å². The third kappa shape index (κ3) is 3.96. The second-order valence-electron chi connectivity index (χ2n) is 4.23. The average molecular weight is 260 g/mol. The van der Waals surface area contributed by atoms with E-state index in [2.05, 4.69) is 28.2 Å². The summed E-state index contributed by atoms with van der Waals surface area (Å²) in [5, 5.41) is 13.7. The topological polar surface area (TPSA) is 58.0 Å².